The molecule has 0 N–H and O–H groups in total. The van der Waals surface area contributed by atoms with Crippen LogP contribution in [0.15, 0.2) is 39.9 Å². The van der Waals surface area contributed by atoms with E-state index in [1.54, 1.807) is 6.92 Å². The molecule has 1 aliphatic heterocycles. The highest BCUT2D eigenvalue weighted by molar-refractivity contribution is 7.95. The van der Waals surface area contributed by atoms with E-state index >= 15 is 0 Å². The van der Waals surface area contributed by atoms with Gasteiger partial charge in [0.2, 0.25) is 0 Å². The Morgan fingerprint density at radius 3 is 2.32 bits per heavy atom. The number of nitrogens with zero attached hydrogens (tertiary/aromatic N) is 3. The Kier molecular flexibility index (Phi) is 7.72. The van der Waals surface area contributed by atoms with Gasteiger partial charge in [-0.25, -0.2) is 8.60 Å². The predicted molar refractivity (Wildman–Crippen MR) is 133 cm³/mol. The van der Waals surface area contributed by atoms with Gasteiger partial charge >= 0.3 is 6.18 Å². The van der Waals surface area contributed by atoms with Crippen molar-refractivity contribution < 1.29 is 31.4 Å². The second-order valence-corrected chi connectivity index (χ2v) is 12.7. The van der Waals surface area contributed by atoms with E-state index in [4.69, 9.17) is 28.0 Å². The number of carbonyl (C=O) groups excluding carboxylic acids is 1. The van der Waals surface area contributed by atoms with Crippen molar-refractivity contribution in [1.82, 2.24) is 0 Å². The van der Waals surface area contributed by atoms with E-state index < -0.39 is 60.0 Å². The average molecular weight is 578 g/mol. The zero-order chi connectivity index (χ0) is 28.0. The third kappa shape index (κ3) is 5.07. The zero-order valence-electron chi connectivity index (χ0n) is 20.0. The van der Waals surface area contributed by atoms with Crippen molar-refractivity contribution in [2.45, 2.75) is 50.6 Å². The molecule has 1 heterocycles. The molecule has 0 saturated carbocycles. The topological polar surface area (TPSA) is 91.9 Å². The minimum absolute atomic E-state index is 0.0263. The van der Waals surface area contributed by atoms with Gasteiger partial charge in [0.05, 0.1) is 31.6 Å². The quantitative estimate of drug-likeness (QED) is 0.284. The van der Waals surface area contributed by atoms with Gasteiger partial charge in [0.1, 0.15) is 4.75 Å². The molecule has 2 unspecified atom stereocenters. The highest BCUT2D eigenvalue weighted by atomic mass is 35.5. The van der Waals surface area contributed by atoms with E-state index in [9.17, 15) is 31.8 Å². The van der Waals surface area contributed by atoms with Crippen molar-refractivity contribution in [1.29, 1.82) is 5.26 Å². The van der Waals surface area contributed by atoms with Gasteiger partial charge in [0.15, 0.2) is 5.82 Å². The molecule has 0 aliphatic carbocycles. The van der Waals surface area contributed by atoms with Gasteiger partial charge in [-0.1, -0.05) is 41.3 Å². The molecule has 2 aromatic carbocycles. The molecule has 198 valence electrons. The van der Waals surface area contributed by atoms with Crippen molar-refractivity contribution in [3.05, 3.63) is 68.4 Å². The monoisotopic (exact) mass is 577 g/mol. The van der Waals surface area contributed by atoms with Crippen molar-refractivity contribution >= 4 is 44.5 Å². The summed E-state index contributed by atoms with van der Waals surface area (Å²) in [7, 11) is -3.22. The highest BCUT2D eigenvalue weighted by Crippen LogP contribution is 2.50. The summed E-state index contributed by atoms with van der Waals surface area (Å²) in [5.41, 5.74) is -2.94. The largest absolute Gasteiger partial charge is 0.435 e. The summed E-state index contributed by atoms with van der Waals surface area (Å²) in [5.74, 6) is -1.90. The van der Waals surface area contributed by atoms with Gasteiger partial charge in [-0.15, -0.1) is 0 Å². The third-order valence-electron chi connectivity index (χ3n) is 6.11. The molecule has 1 amide bonds. The van der Waals surface area contributed by atoms with Crippen LogP contribution in [-0.4, -0.2) is 32.5 Å². The number of benzene rings is 2. The fourth-order valence-corrected chi connectivity index (χ4v) is 5.80. The maximum absolute atomic E-state index is 14.2. The van der Waals surface area contributed by atoms with Crippen LogP contribution in [0.3, 0.4) is 0 Å². The number of hydrogen-bond donors (Lipinski definition) is 0. The molecule has 0 saturated heterocycles. The van der Waals surface area contributed by atoms with E-state index in [1.807, 2.05) is 6.07 Å². The van der Waals surface area contributed by atoms with Crippen LogP contribution >= 0.6 is 23.2 Å². The van der Waals surface area contributed by atoms with Gasteiger partial charge in [-0.05, 0) is 56.2 Å². The first kappa shape index (κ1) is 28.9. The van der Waals surface area contributed by atoms with Crippen LogP contribution in [-0.2, 0) is 20.2 Å². The Bertz CT molecular complexity index is 1450. The Morgan fingerprint density at radius 2 is 1.84 bits per heavy atom. The maximum Gasteiger partial charge on any atom is 0.435 e. The standard InChI is InChI=1S/C24H21Cl2F4N3O3S/c1-5-37(35,22(3,4)12-31)33-21(34)16-7-6-14(8-13(16)2)19-11-23(36-32-19,24(28,29)30)15-9-17(25)20(27)18(26)10-15/h6-10H,5,11H2,1-4H3. The van der Waals surface area contributed by atoms with E-state index in [-0.39, 0.29) is 22.6 Å². The van der Waals surface area contributed by atoms with Gasteiger partial charge in [0, 0.05) is 23.3 Å². The minimum atomic E-state index is -4.97. The summed E-state index contributed by atoms with van der Waals surface area (Å²) in [6.07, 6.45) is -5.74. The Labute approximate surface area is 221 Å². The number of aryl methyl sites for hydroxylation is 1. The van der Waals surface area contributed by atoms with E-state index in [1.165, 1.54) is 39.0 Å². The molecule has 3 rings (SSSR count). The number of alkyl halides is 3. The van der Waals surface area contributed by atoms with Crippen molar-refractivity contribution in [2.75, 3.05) is 5.75 Å². The molecule has 0 fully saturated rings. The third-order valence-corrected chi connectivity index (χ3v) is 9.59. The molecular weight excluding hydrogens is 557 g/mol. The molecule has 0 radical (unpaired) electrons. The maximum atomic E-state index is 14.2. The van der Waals surface area contributed by atoms with Crippen LogP contribution < -0.4 is 0 Å². The molecule has 2 aromatic rings. The number of carbonyl (C=O) groups is 1. The average Bonchev–Trinajstić information content (AvgIpc) is 3.29. The van der Waals surface area contributed by atoms with E-state index in [0.29, 0.717) is 5.56 Å². The second kappa shape index (κ2) is 9.89. The lowest BCUT2D eigenvalue weighted by Gasteiger charge is -2.29. The summed E-state index contributed by atoms with van der Waals surface area (Å²) < 4.78 is 72.2. The van der Waals surface area contributed by atoms with Gasteiger partial charge in [-0.3, -0.25) is 4.79 Å². The summed E-state index contributed by atoms with van der Waals surface area (Å²) in [5, 5.41) is 11.8. The molecular formula is C24H21Cl2F4N3O3S. The fourth-order valence-electron chi connectivity index (χ4n) is 3.72. The predicted octanol–water partition coefficient (Wildman–Crippen LogP) is 6.95. The SMILES string of the molecule is CCS(=O)(=NC(=O)c1ccc(C2=NOC(c3cc(Cl)c(F)c(Cl)c3)(C(F)(F)F)C2)cc1C)C(C)(C)C#N. The lowest BCUT2D eigenvalue weighted by molar-refractivity contribution is -0.275. The number of rotatable bonds is 5. The van der Waals surface area contributed by atoms with Crippen LogP contribution in [0.4, 0.5) is 17.6 Å². The first-order chi connectivity index (χ1) is 17.0. The van der Waals surface area contributed by atoms with Gasteiger partial charge in [0.25, 0.3) is 11.5 Å². The number of amides is 1. The molecule has 37 heavy (non-hydrogen) atoms. The second-order valence-electron chi connectivity index (χ2n) is 8.86. The van der Waals surface area contributed by atoms with E-state index in [2.05, 4.69) is 9.52 Å². The lowest BCUT2D eigenvalue weighted by Crippen LogP contribution is -2.42. The first-order valence-corrected chi connectivity index (χ1v) is 13.2. The molecule has 0 aromatic heterocycles. The van der Waals surface area contributed by atoms with Crippen LogP contribution in [0, 0.1) is 24.1 Å². The van der Waals surface area contributed by atoms with Crippen LogP contribution in [0.25, 0.3) is 0 Å². The van der Waals surface area contributed by atoms with Crippen LogP contribution in [0.1, 0.15) is 54.2 Å². The summed E-state index contributed by atoms with van der Waals surface area (Å²) >= 11 is 11.5. The minimum Gasteiger partial charge on any atom is -0.374 e. The van der Waals surface area contributed by atoms with E-state index in [0.717, 1.165) is 12.1 Å². The fraction of sp³-hybridized carbons (Fsp3) is 0.375. The Hall–Kier alpha value is -2.68. The number of oxime groups is 1. The molecule has 13 heteroatoms. The summed E-state index contributed by atoms with van der Waals surface area (Å²) in [6, 6.07) is 7.60. The van der Waals surface area contributed by atoms with Crippen molar-refractivity contribution in [3.63, 3.8) is 0 Å². The first-order valence-electron chi connectivity index (χ1n) is 10.8. The highest BCUT2D eigenvalue weighted by Gasteiger charge is 2.62. The molecule has 6 nitrogen and oxygen atoms in total. The summed E-state index contributed by atoms with van der Waals surface area (Å²) in [4.78, 5) is 17.8. The normalized spacial score (nSPS) is 19.4. The lowest BCUT2D eigenvalue weighted by atomic mass is 9.86. The number of nitriles is 1. The number of halogens is 6. The van der Waals surface area contributed by atoms with Crippen LogP contribution in [0.2, 0.25) is 10.0 Å². The van der Waals surface area contributed by atoms with Crippen molar-refractivity contribution in [3.8, 4) is 6.07 Å². The zero-order valence-corrected chi connectivity index (χ0v) is 22.4. The Balaban J connectivity index is 1.99. The van der Waals surface area contributed by atoms with Crippen molar-refractivity contribution in [2.24, 2.45) is 9.52 Å². The van der Waals surface area contributed by atoms with Crippen LogP contribution in [0.5, 0.6) is 0 Å². The summed E-state index contributed by atoms with van der Waals surface area (Å²) in [6.45, 7) is 5.94. The van der Waals surface area contributed by atoms with Gasteiger partial charge in [-0.2, -0.15) is 22.8 Å². The smallest absolute Gasteiger partial charge is 0.374 e. The van der Waals surface area contributed by atoms with Gasteiger partial charge < -0.3 is 4.84 Å². The number of hydrogen-bond acceptors (Lipinski definition) is 5. The molecule has 0 spiro atoms. The molecule has 0 bridgehead atoms. The Morgan fingerprint density at radius 1 is 1.24 bits per heavy atom. The molecule has 2 atom stereocenters. The molecule has 1 aliphatic rings.